The molecule has 10 nitrogen and oxygen atoms in total. The van der Waals surface area contributed by atoms with Gasteiger partial charge in [0.1, 0.15) is 17.8 Å². The molecule has 0 spiro atoms. The predicted molar refractivity (Wildman–Crippen MR) is 113 cm³/mol. The molecule has 11 heteroatoms. The summed E-state index contributed by atoms with van der Waals surface area (Å²) >= 11 is 6.33. The third-order valence-electron chi connectivity index (χ3n) is 5.21. The van der Waals surface area contributed by atoms with Crippen LogP contribution in [0.25, 0.3) is 11.2 Å². The number of aliphatic hydroxyl groups is 1. The van der Waals surface area contributed by atoms with Crippen molar-refractivity contribution in [3.05, 3.63) is 16.7 Å². The van der Waals surface area contributed by atoms with Gasteiger partial charge in [-0.1, -0.05) is 26.7 Å². The maximum atomic E-state index is 12.1. The molecule has 3 heterocycles. The van der Waals surface area contributed by atoms with Crippen LogP contribution in [0.4, 0.5) is 5.95 Å². The number of nitrogens with one attached hydrogen (secondary N) is 1. The number of alkyl halides is 1. The summed E-state index contributed by atoms with van der Waals surface area (Å²) in [5.74, 6) is 0.00990. The second-order valence-electron chi connectivity index (χ2n) is 7.52. The molecule has 4 N–H and O–H groups in total. The summed E-state index contributed by atoms with van der Waals surface area (Å²) in [6.07, 6.45) is 2.38. The van der Waals surface area contributed by atoms with Crippen molar-refractivity contribution in [3.8, 4) is 0 Å². The number of halogens is 1. The standard InChI is InChI=1S/C19H30ClN5O5/c1-3-5-7-28-10-19(9-20)14(29-8-6-4-2)13(26)17(30-19)25-11-22-12-15(25)23-18(21)24-16(12)27/h11,13-14,17,26H,3-10H2,1-2H3,(H3,21,23,24,27)/t13-,14+,17-,19-/m1/s1. The Bertz CT molecular complexity index is 890. The molecule has 2 aromatic rings. The fourth-order valence-corrected chi connectivity index (χ4v) is 3.84. The van der Waals surface area contributed by atoms with E-state index in [1.165, 1.54) is 10.9 Å². The minimum absolute atomic E-state index is 0.0519. The van der Waals surface area contributed by atoms with Gasteiger partial charge in [0.2, 0.25) is 5.95 Å². The summed E-state index contributed by atoms with van der Waals surface area (Å²) in [6, 6.07) is 0. The summed E-state index contributed by atoms with van der Waals surface area (Å²) < 4.78 is 19.6. The van der Waals surface area contributed by atoms with Crippen LogP contribution in [0.15, 0.2) is 11.1 Å². The molecule has 168 valence electrons. The molecule has 30 heavy (non-hydrogen) atoms. The highest BCUT2D eigenvalue weighted by Gasteiger charge is 2.56. The first-order valence-electron chi connectivity index (χ1n) is 10.3. The van der Waals surface area contributed by atoms with Gasteiger partial charge in [0.05, 0.1) is 18.8 Å². The SMILES string of the molecule is CCCCOC[C@@]1(CCl)O[C@@H](n2cnc3c(=O)[nH]c(N)nc32)[C@H](O)[C@@H]1OCCCC. The molecule has 0 saturated carbocycles. The molecule has 1 aliphatic heterocycles. The van der Waals surface area contributed by atoms with Crippen molar-refractivity contribution in [3.63, 3.8) is 0 Å². The van der Waals surface area contributed by atoms with Crippen LogP contribution < -0.4 is 11.3 Å². The van der Waals surface area contributed by atoms with E-state index in [9.17, 15) is 9.90 Å². The van der Waals surface area contributed by atoms with Crippen LogP contribution in [0.1, 0.15) is 45.8 Å². The minimum atomic E-state index is -1.07. The van der Waals surface area contributed by atoms with Crippen molar-refractivity contribution < 1.29 is 19.3 Å². The van der Waals surface area contributed by atoms with Crippen LogP contribution >= 0.6 is 11.6 Å². The third-order valence-corrected chi connectivity index (χ3v) is 5.66. The zero-order valence-corrected chi connectivity index (χ0v) is 18.1. The smallest absolute Gasteiger partial charge is 0.280 e. The second-order valence-corrected chi connectivity index (χ2v) is 7.79. The molecule has 1 saturated heterocycles. The van der Waals surface area contributed by atoms with Gasteiger partial charge < -0.3 is 25.1 Å². The first-order chi connectivity index (χ1) is 14.5. The number of ether oxygens (including phenoxy) is 3. The average molecular weight is 444 g/mol. The van der Waals surface area contributed by atoms with E-state index in [0.29, 0.717) is 13.2 Å². The first-order valence-corrected chi connectivity index (χ1v) is 10.8. The number of aromatic amines is 1. The van der Waals surface area contributed by atoms with Gasteiger partial charge in [-0.15, -0.1) is 11.6 Å². The molecule has 0 aromatic carbocycles. The molecule has 2 aromatic heterocycles. The Balaban J connectivity index is 1.93. The van der Waals surface area contributed by atoms with Gasteiger partial charge in [-0.3, -0.25) is 14.3 Å². The molecule has 0 aliphatic carbocycles. The number of imidazole rings is 1. The number of aliphatic hydroxyl groups excluding tert-OH is 1. The van der Waals surface area contributed by atoms with Gasteiger partial charge >= 0.3 is 0 Å². The van der Waals surface area contributed by atoms with Crippen LogP contribution in [0, 0.1) is 0 Å². The Hall–Kier alpha value is -1.72. The Labute approximate surface area is 179 Å². The van der Waals surface area contributed by atoms with Gasteiger partial charge in [0, 0.05) is 13.2 Å². The molecule has 0 radical (unpaired) electrons. The average Bonchev–Trinajstić information content (AvgIpc) is 3.26. The zero-order valence-electron chi connectivity index (χ0n) is 17.3. The van der Waals surface area contributed by atoms with Crippen LogP contribution in [-0.2, 0) is 14.2 Å². The number of rotatable bonds is 11. The maximum absolute atomic E-state index is 12.1. The summed E-state index contributed by atoms with van der Waals surface area (Å²) in [4.78, 5) is 22.8. The number of aromatic nitrogens is 4. The summed E-state index contributed by atoms with van der Waals surface area (Å²) in [7, 11) is 0. The Morgan fingerprint density at radius 2 is 2.10 bits per heavy atom. The largest absolute Gasteiger partial charge is 0.386 e. The van der Waals surface area contributed by atoms with E-state index in [-0.39, 0.29) is 29.6 Å². The monoisotopic (exact) mass is 443 g/mol. The van der Waals surface area contributed by atoms with E-state index in [4.69, 9.17) is 31.5 Å². The second kappa shape index (κ2) is 10.1. The molecule has 0 amide bonds. The van der Waals surface area contributed by atoms with Crippen LogP contribution in [-0.4, -0.2) is 68.1 Å². The van der Waals surface area contributed by atoms with E-state index in [1.807, 2.05) is 0 Å². The topological polar surface area (TPSA) is 138 Å². The Kier molecular flexibility index (Phi) is 7.70. The molecule has 3 rings (SSSR count). The lowest BCUT2D eigenvalue weighted by Gasteiger charge is -2.32. The fourth-order valence-electron chi connectivity index (χ4n) is 3.55. The van der Waals surface area contributed by atoms with E-state index in [0.717, 1.165) is 25.7 Å². The number of nitrogens with zero attached hydrogens (tertiary/aromatic N) is 3. The van der Waals surface area contributed by atoms with Crippen molar-refractivity contribution in [1.29, 1.82) is 0 Å². The van der Waals surface area contributed by atoms with E-state index in [2.05, 4.69) is 28.8 Å². The van der Waals surface area contributed by atoms with Crippen LogP contribution in [0.5, 0.6) is 0 Å². The maximum Gasteiger partial charge on any atom is 0.280 e. The number of fused-ring (bicyclic) bond motifs is 1. The number of nitrogens with two attached hydrogens (primary N) is 1. The van der Waals surface area contributed by atoms with E-state index < -0.39 is 29.6 Å². The summed E-state index contributed by atoms with van der Waals surface area (Å²) in [5.41, 5.74) is 4.48. The number of hydrogen-bond donors (Lipinski definition) is 3. The van der Waals surface area contributed by atoms with Gasteiger partial charge in [-0.2, -0.15) is 4.98 Å². The number of hydrogen-bond acceptors (Lipinski definition) is 8. The molecule has 1 aliphatic rings. The summed E-state index contributed by atoms with van der Waals surface area (Å²) in [5, 5.41) is 11.1. The molecule has 4 atom stereocenters. The number of H-pyrrole nitrogens is 1. The lowest BCUT2D eigenvalue weighted by molar-refractivity contribution is -0.139. The van der Waals surface area contributed by atoms with Crippen molar-refractivity contribution in [2.45, 2.75) is 63.6 Å². The van der Waals surface area contributed by atoms with Crippen LogP contribution in [0.2, 0.25) is 0 Å². The highest BCUT2D eigenvalue weighted by molar-refractivity contribution is 6.18. The molecule has 1 fully saturated rings. The first kappa shape index (κ1) is 23.0. The zero-order chi connectivity index (χ0) is 21.7. The normalized spacial score (nSPS) is 26.6. The third kappa shape index (κ3) is 4.47. The van der Waals surface area contributed by atoms with E-state index >= 15 is 0 Å². The quantitative estimate of drug-likeness (QED) is 0.351. The number of unbranched alkanes of at least 4 members (excludes halogenated alkanes) is 2. The van der Waals surface area contributed by atoms with Crippen LogP contribution in [0.3, 0.4) is 0 Å². The molecular weight excluding hydrogens is 414 g/mol. The Morgan fingerprint density at radius 1 is 1.37 bits per heavy atom. The number of nitrogen functional groups attached to an aromatic ring is 1. The van der Waals surface area contributed by atoms with Gasteiger partial charge in [0.25, 0.3) is 5.56 Å². The lowest BCUT2D eigenvalue weighted by Crippen LogP contribution is -2.50. The highest BCUT2D eigenvalue weighted by Crippen LogP contribution is 2.41. The predicted octanol–water partition coefficient (Wildman–Crippen LogP) is 1.57. The van der Waals surface area contributed by atoms with Gasteiger partial charge in [-0.05, 0) is 12.8 Å². The fraction of sp³-hybridized carbons (Fsp3) is 0.737. The van der Waals surface area contributed by atoms with Gasteiger partial charge in [0.15, 0.2) is 17.4 Å². The van der Waals surface area contributed by atoms with E-state index in [1.54, 1.807) is 0 Å². The molecule has 0 bridgehead atoms. The van der Waals surface area contributed by atoms with Crippen molar-refractivity contribution in [2.24, 2.45) is 0 Å². The molecular formula is C19H30ClN5O5. The van der Waals surface area contributed by atoms with Crippen molar-refractivity contribution >= 4 is 28.7 Å². The minimum Gasteiger partial charge on any atom is -0.386 e. The highest BCUT2D eigenvalue weighted by atomic mass is 35.5. The summed E-state index contributed by atoms with van der Waals surface area (Å²) in [6.45, 7) is 5.32. The Morgan fingerprint density at radius 3 is 2.80 bits per heavy atom. The van der Waals surface area contributed by atoms with Crippen molar-refractivity contribution in [2.75, 3.05) is 31.4 Å². The molecule has 0 unspecified atom stereocenters. The van der Waals surface area contributed by atoms with Crippen molar-refractivity contribution in [1.82, 2.24) is 19.5 Å². The van der Waals surface area contributed by atoms with Gasteiger partial charge in [-0.25, -0.2) is 4.98 Å². The lowest BCUT2D eigenvalue weighted by atomic mass is 9.97. The number of anilines is 1.